The monoisotopic (exact) mass is 401 g/mol. The first-order chi connectivity index (χ1) is 14.3. The van der Waals surface area contributed by atoms with E-state index in [1.54, 1.807) is 19.5 Å². The lowest BCUT2D eigenvalue weighted by Crippen LogP contribution is -2.64. The molecule has 3 aliphatic rings. The Morgan fingerprint density at radius 2 is 1.76 bits per heavy atom. The minimum atomic E-state index is -0.396. The molecule has 1 aromatic rings. The maximum atomic E-state index is 13.0. The quantitative estimate of drug-likeness (QED) is 0.495. The molecular formula is C23H35N3O3. The van der Waals surface area contributed by atoms with Gasteiger partial charge >= 0.3 is 0 Å². The van der Waals surface area contributed by atoms with Crippen molar-refractivity contribution in [3.8, 4) is 0 Å². The van der Waals surface area contributed by atoms with Gasteiger partial charge in [0.15, 0.2) is 6.10 Å². The number of hydrogen-bond donors (Lipinski definition) is 0. The van der Waals surface area contributed by atoms with Gasteiger partial charge in [-0.05, 0) is 49.3 Å². The summed E-state index contributed by atoms with van der Waals surface area (Å²) < 4.78 is 11.0. The van der Waals surface area contributed by atoms with E-state index in [9.17, 15) is 4.79 Å². The van der Waals surface area contributed by atoms with Crippen LogP contribution in [0.15, 0.2) is 24.5 Å². The van der Waals surface area contributed by atoms with Gasteiger partial charge < -0.3 is 19.3 Å². The summed E-state index contributed by atoms with van der Waals surface area (Å²) in [4.78, 5) is 21.8. The van der Waals surface area contributed by atoms with Crippen LogP contribution in [0.1, 0.15) is 56.6 Å². The third-order valence-electron chi connectivity index (χ3n) is 6.91. The molecule has 1 aromatic heterocycles. The van der Waals surface area contributed by atoms with Crippen molar-refractivity contribution in [1.29, 1.82) is 0 Å². The first kappa shape index (κ1) is 20.8. The van der Waals surface area contributed by atoms with Gasteiger partial charge in [0, 0.05) is 45.2 Å². The molecule has 2 saturated heterocycles. The summed E-state index contributed by atoms with van der Waals surface area (Å²) in [5.74, 6) is 1.02. The SMILES string of the molecule is COCCO[C@H]1C(=O)N(C2CCN(CC3CCCCC3)CC2)[C@H]1c1ccncc1. The smallest absolute Gasteiger partial charge is 0.255 e. The predicted octanol–water partition coefficient (Wildman–Crippen LogP) is 3.04. The molecule has 6 nitrogen and oxygen atoms in total. The van der Waals surface area contributed by atoms with E-state index < -0.39 is 6.10 Å². The van der Waals surface area contributed by atoms with Crippen molar-refractivity contribution < 1.29 is 14.3 Å². The fourth-order valence-electron chi connectivity index (χ4n) is 5.32. The van der Waals surface area contributed by atoms with Crippen LogP contribution in [0.25, 0.3) is 0 Å². The molecule has 1 aliphatic carbocycles. The molecule has 0 radical (unpaired) electrons. The number of piperidine rings is 1. The van der Waals surface area contributed by atoms with Crippen molar-refractivity contribution in [2.24, 2.45) is 5.92 Å². The molecule has 1 saturated carbocycles. The molecule has 0 bridgehead atoms. The highest BCUT2D eigenvalue weighted by molar-refractivity contribution is 5.89. The van der Waals surface area contributed by atoms with Crippen LogP contribution < -0.4 is 0 Å². The number of methoxy groups -OCH3 is 1. The first-order valence-corrected chi connectivity index (χ1v) is 11.3. The molecule has 0 unspecified atom stereocenters. The van der Waals surface area contributed by atoms with Crippen molar-refractivity contribution in [2.45, 2.75) is 63.1 Å². The van der Waals surface area contributed by atoms with E-state index in [1.165, 1.54) is 38.6 Å². The van der Waals surface area contributed by atoms with Gasteiger partial charge in [0.1, 0.15) is 0 Å². The number of ether oxygens (including phenoxy) is 2. The molecule has 0 aromatic carbocycles. The first-order valence-electron chi connectivity index (χ1n) is 11.3. The zero-order valence-electron chi connectivity index (χ0n) is 17.7. The van der Waals surface area contributed by atoms with E-state index in [4.69, 9.17) is 9.47 Å². The maximum Gasteiger partial charge on any atom is 0.255 e. The average Bonchev–Trinajstić information content (AvgIpc) is 2.77. The second-order valence-electron chi connectivity index (χ2n) is 8.79. The Bertz CT molecular complexity index is 642. The van der Waals surface area contributed by atoms with Crippen molar-refractivity contribution in [1.82, 2.24) is 14.8 Å². The number of nitrogens with zero attached hydrogens (tertiary/aromatic N) is 3. The van der Waals surface area contributed by atoms with Crippen molar-refractivity contribution in [2.75, 3.05) is 40.0 Å². The Morgan fingerprint density at radius 1 is 1.03 bits per heavy atom. The normalized spacial score (nSPS) is 27.2. The van der Waals surface area contributed by atoms with E-state index in [1.807, 2.05) is 12.1 Å². The highest BCUT2D eigenvalue weighted by atomic mass is 16.5. The summed E-state index contributed by atoms with van der Waals surface area (Å²) in [5.41, 5.74) is 1.12. The number of rotatable bonds is 8. The zero-order valence-corrected chi connectivity index (χ0v) is 17.7. The van der Waals surface area contributed by atoms with Crippen molar-refractivity contribution in [3.05, 3.63) is 30.1 Å². The molecule has 3 fully saturated rings. The average molecular weight is 402 g/mol. The summed E-state index contributed by atoms with van der Waals surface area (Å²) in [7, 11) is 1.65. The van der Waals surface area contributed by atoms with Crippen LogP contribution in [0.5, 0.6) is 0 Å². The number of carbonyl (C=O) groups excluding carboxylic acids is 1. The molecule has 4 rings (SSSR count). The number of hydrogen-bond acceptors (Lipinski definition) is 5. The van der Waals surface area contributed by atoms with Crippen LogP contribution in [-0.2, 0) is 14.3 Å². The lowest BCUT2D eigenvalue weighted by atomic mass is 9.85. The van der Waals surface area contributed by atoms with Crippen LogP contribution in [0.4, 0.5) is 0 Å². The largest absolute Gasteiger partial charge is 0.382 e. The third kappa shape index (κ3) is 4.81. The van der Waals surface area contributed by atoms with Gasteiger partial charge in [-0.15, -0.1) is 0 Å². The van der Waals surface area contributed by atoms with Crippen LogP contribution in [0.3, 0.4) is 0 Å². The minimum Gasteiger partial charge on any atom is -0.382 e. The zero-order chi connectivity index (χ0) is 20.1. The Morgan fingerprint density at radius 3 is 2.45 bits per heavy atom. The molecule has 2 atom stereocenters. The Labute approximate surface area is 174 Å². The number of β-lactam (4-membered cyclic amide) rings is 1. The van der Waals surface area contributed by atoms with E-state index in [-0.39, 0.29) is 11.9 Å². The Kier molecular flexibility index (Phi) is 7.16. The molecule has 0 N–H and O–H groups in total. The highest BCUT2D eigenvalue weighted by Crippen LogP contribution is 2.41. The van der Waals surface area contributed by atoms with Gasteiger partial charge in [0.25, 0.3) is 5.91 Å². The lowest BCUT2D eigenvalue weighted by molar-refractivity contribution is -0.184. The summed E-state index contributed by atoms with van der Waals surface area (Å²) in [6, 6.07) is 4.33. The maximum absolute atomic E-state index is 13.0. The van der Waals surface area contributed by atoms with Gasteiger partial charge in [-0.3, -0.25) is 9.78 Å². The molecular weight excluding hydrogens is 366 g/mol. The van der Waals surface area contributed by atoms with Gasteiger partial charge in [-0.1, -0.05) is 19.3 Å². The summed E-state index contributed by atoms with van der Waals surface area (Å²) in [5, 5.41) is 0. The van der Waals surface area contributed by atoms with Crippen LogP contribution in [0.2, 0.25) is 0 Å². The van der Waals surface area contributed by atoms with Crippen LogP contribution >= 0.6 is 0 Å². The lowest BCUT2D eigenvalue weighted by Gasteiger charge is -2.52. The summed E-state index contributed by atoms with van der Waals surface area (Å²) >= 11 is 0. The standard InChI is InChI=1S/C23H35N3O3/c1-28-15-16-29-22-21(19-7-11-24-12-8-19)26(23(22)27)20-9-13-25(14-10-20)17-18-5-3-2-4-6-18/h7-8,11-12,18,20-22H,2-6,9-10,13-17H2,1H3/t21-,22+/m0/s1. The summed E-state index contributed by atoms with van der Waals surface area (Å²) in [6.07, 6.45) is 12.3. The van der Waals surface area contributed by atoms with E-state index in [2.05, 4.69) is 14.8 Å². The molecule has 160 valence electrons. The highest BCUT2D eigenvalue weighted by Gasteiger charge is 2.52. The van der Waals surface area contributed by atoms with Crippen molar-refractivity contribution >= 4 is 5.91 Å². The number of amides is 1. The topological polar surface area (TPSA) is 54.9 Å². The third-order valence-corrected chi connectivity index (χ3v) is 6.91. The van der Waals surface area contributed by atoms with Crippen molar-refractivity contribution in [3.63, 3.8) is 0 Å². The molecule has 29 heavy (non-hydrogen) atoms. The fraction of sp³-hybridized carbons (Fsp3) is 0.739. The Hall–Kier alpha value is -1.50. The molecule has 0 spiro atoms. The molecule has 1 amide bonds. The molecule has 3 heterocycles. The molecule has 6 heteroatoms. The van der Waals surface area contributed by atoms with Crippen LogP contribution in [-0.4, -0.2) is 72.8 Å². The van der Waals surface area contributed by atoms with E-state index in [0.29, 0.717) is 19.3 Å². The Balaban J connectivity index is 1.36. The summed E-state index contributed by atoms with van der Waals surface area (Å²) in [6.45, 7) is 4.40. The van der Waals surface area contributed by atoms with E-state index in [0.717, 1.165) is 37.4 Å². The predicted molar refractivity (Wildman–Crippen MR) is 111 cm³/mol. The van der Waals surface area contributed by atoms with Gasteiger partial charge in [-0.25, -0.2) is 0 Å². The fourth-order valence-corrected chi connectivity index (χ4v) is 5.32. The number of aromatic nitrogens is 1. The van der Waals surface area contributed by atoms with Gasteiger partial charge in [-0.2, -0.15) is 0 Å². The minimum absolute atomic E-state index is 0.00255. The second-order valence-corrected chi connectivity index (χ2v) is 8.79. The van der Waals surface area contributed by atoms with E-state index >= 15 is 0 Å². The number of pyridine rings is 1. The number of likely N-dealkylation sites (tertiary alicyclic amines) is 2. The number of carbonyl (C=O) groups is 1. The molecule has 2 aliphatic heterocycles. The van der Waals surface area contributed by atoms with Gasteiger partial charge in [0.05, 0.1) is 19.3 Å². The van der Waals surface area contributed by atoms with Crippen LogP contribution in [0, 0.1) is 5.92 Å². The van der Waals surface area contributed by atoms with Gasteiger partial charge in [0.2, 0.25) is 0 Å². The second kappa shape index (κ2) is 10.0.